The molecule has 0 unspecified atom stereocenters. The zero-order chi connectivity index (χ0) is 12.8. The van der Waals surface area contributed by atoms with E-state index in [1.807, 2.05) is 6.07 Å². The molecule has 0 amide bonds. The molecule has 3 nitrogen and oxygen atoms in total. The van der Waals surface area contributed by atoms with Gasteiger partial charge in [0.25, 0.3) is 0 Å². The zero-order valence-corrected chi connectivity index (χ0v) is 13.3. The van der Waals surface area contributed by atoms with Crippen LogP contribution in [0.25, 0.3) is 0 Å². The van der Waals surface area contributed by atoms with Crippen molar-refractivity contribution in [3.8, 4) is 0 Å². The van der Waals surface area contributed by atoms with E-state index < -0.39 is 0 Å². The Balaban J connectivity index is 2.33. The third-order valence-corrected chi connectivity index (χ3v) is 5.48. The van der Waals surface area contributed by atoms with Crippen LogP contribution in [-0.2, 0) is 9.53 Å². The molecule has 0 radical (unpaired) electrons. The van der Waals surface area contributed by atoms with E-state index in [-0.39, 0.29) is 11.8 Å². The van der Waals surface area contributed by atoms with E-state index >= 15 is 0 Å². The number of hydrogen-bond acceptors (Lipinski definition) is 4. The predicted octanol–water partition coefficient (Wildman–Crippen LogP) is 4.19. The fraction of sp³-hybridized carbons (Fsp3) is 0.455. The van der Waals surface area contributed by atoms with Crippen molar-refractivity contribution in [2.24, 2.45) is 0 Å². The average molecular weight is 384 g/mol. The van der Waals surface area contributed by atoms with Crippen LogP contribution < -0.4 is 0 Å². The van der Waals surface area contributed by atoms with Gasteiger partial charge in [0, 0.05) is 17.3 Å². The van der Waals surface area contributed by atoms with Crippen molar-refractivity contribution in [2.75, 3.05) is 7.11 Å². The Morgan fingerprint density at radius 2 is 1.94 bits per heavy atom. The first-order valence-corrected chi connectivity index (χ1v) is 7.49. The van der Waals surface area contributed by atoms with Gasteiger partial charge in [0.1, 0.15) is 0 Å². The highest BCUT2D eigenvalue weighted by atomic mass is 79.9. The van der Waals surface area contributed by atoms with Crippen LogP contribution in [0.4, 0.5) is 0 Å². The molecule has 1 aromatic heterocycles. The summed E-state index contributed by atoms with van der Waals surface area (Å²) in [6.07, 6.45) is 2.24. The van der Waals surface area contributed by atoms with Gasteiger partial charge in [-0.05, 0) is 50.8 Å². The van der Waals surface area contributed by atoms with Gasteiger partial charge in [0.15, 0.2) is 5.78 Å². The molecule has 0 aliphatic rings. The molecule has 0 N–H and O–H groups in total. The summed E-state index contributed by atoms with van der Waals surface area (Å²) in [5.41, 5.74) is 0. The van der Waals surface area contributed by atoms with E-state index in [1.165, 1.54) is 18.4 Å². The van der Waals surface area contributed by atoms with Crippen LogP contribution >= 0.6 is 43.2 Å². The largest absolute Gasteiger partial charge is 0.469 e. The molecule has 0 fully saturated rings. The molecule has 0 saturated carbocycles. The fourth-order valence-corrected chi connectivity index (χ4v) is 3.27. The summed E-state index contributed by atoms with van der Waals surface area (Å²) in [5.74, 6) is -0.106. The van der Waals surface area contributed by atoms with Gasteiger partial charge < -0.3 is 4.74 Å². The minimum atomic E-state index is -0.223. The number of thiophene rings is 1. The molecule has 94 valence electrons. The number of methoxy groups -OCH3 is 1. The van der Waals surface area contributed by atoms with Crippen molar-refractivity contribution in [1.82, 2.24) is 0 Å². The molecule has 1 aromatic rings. The topological polar surface area (TPSA) is 43.4 Å². The molecule has 0 spiro atoms. The first kappa shape index (κ1) is 14.9. The standard InChI is InChI=1S/C11H12Br2O3S/c1-16-10(15)5-3-2-4-8(14)9-6-7(12)11(13)17-9/h6H,2-5H2,1H3. The van der Waals surface area contributed by atoms with Crippen molar-refractivity contribution in [1.29, 1.82) is 0 Å². The Labute approximate surface area is 121 Å². The summed E-state index contributed by atoms with van der Waals surface area (Å²) in [6, 6.07) is 1.82. The van der Waals surface area contributed by atoms with Gasteiger partial charge >= 0.3 is 5.97 Å². The number of hydrogen-bond donors (Lipinski definition) is 0. The van der Waals surface area contributed by atoms with Crippen molar-refractivity contribution >= 4 is 54.9 Å². The molecule has 0 aromatic carbocycles. The lowest BCUT2D eigenvalue weighted by molar-refractivity contribution is -0.140. The number of unbranched alkanes of at least 4 members (excludes halogenated alkanes) is 1. The van der Waals surface area contributed by atoms with Crippen LogP contribution in [0.3, 0.4) is 0 Å². The zero-order valence-electron chi connectivity index (χ0n) is 9.29. The minimum absolute atomic E-state index is 0.117. The van der Waals surface area contributed by atoms with E-state index in [0.29, 0.717) is 25.7 Å². The summed E-state index contributed by atoms with van der Waals surface area (Å²) < 4.78 is 6.36. The normalized spacial score (nSPS) is 10.3. The van der Waals surface area contributed by atoms with E-state index in [1.54, 1.807) is 0 Å². The van der Waals surface area contributed by atoms with Crippen LogP contribution in [0.2, 0.25) is 0 Å². The van der Waals surface area contributed by atoms with Gasteiger partial charge in [-0.1, -0.05) is 0 Å². The van der Waals surface area contributed by atoms with Crippen LogP contribution in [-0.4, -0.2) is 18.9 Å². The highest BCUT2D eigenvalue weighted by Gasteiger charge is 2.12. The highest BCUT2D eigenvalue weighted by molar-refractivity contribution is 9.13. The van der Waals surface area contributed by atoms with Gasteiger partial charge in [-0.15, -0.1) is 11.3 Å². The molecule has 1 heterocycles. The second-order valence-corrected chi connectivity index (χ2v) is 6.66. The summed E-state index contributed by atoms with van der Waals surface area (Å²) in [6.45, 7) is 0. The second-order valence-electron chi connectivity index (χ2n) is 3.44. The minimum Gasteiger partial charge on any atom is -0.469 e. The molecular formula is C11H12Br2O3S. The maximum absolute atomic E-state index is 11.8. The summed E-state index contributed by atoms with van der Waals surface area (Å²) in [4.78, 5) is 23.4. The fourth-order valence-electron chi connectivity index (χ4n) is 1.26. The number of esters is 1. The SMILES string of the molecule is COC(=O)CCCCC(=O)c1cc(Br)c(Br)s1. The highest BCUT2D eigenvalue weighted by Crippen LogP contribution is 2.33. The average Bonchev–Trinajstić information content (AvgIpc) is 2.64. The summed E-state index contributed by atoms with van der Waals surface area (Å²) in [7, 11) is 1.37. The lowest BCUT2D eigenvalue weighted by atomic mass is 10.1. The van der Waals surface area contributed by atoms with Gasteiger partial charge in [0.2, 0.25) is 0 Å². The van der Waals surface area contributed by atoms with Crippen LogP contribution in [0.1, 0.15) is 35.4 Å². The Morgan fingerprint density at radius 1 is 1.29 bits per heavy atom. The van der Waals surface area contributed by atoms with Gasteiger partial charge in [0.05, 0.1) is 15.8 Å². The monoisotopic (exact) mass is 382 g/mol. The molecule has 6 heteroatoms. The molecule has 1 rings (SSSR count). The number of rotatable bonds is 6. The van der Waals surface area contributed by atoms with Gasteiger partial charge in [-0.3, -0.25) is 9.59 Å². The Morgan fingerprint density at radius 3 is 2.47 bits per heavy atom. The first-order valence-electron chi connectivity index (χ1n) is 5.09. The van der Waals surface area contributed by atoms with Crippen molar-refractivity contribution in [3.63, 3.8) is 0 Å². The number of Topliss-reactive ketones (excluding diaryl/α,β-unsaturated/α-hetero) is 1. The molecule has 0 saturated heterocycles. The van der Waals surface area contributed by atoms with E-state index in [2.05, 4.69) is 36.6 Å². The predicted molar refractivity (Wildman–Crippen MR) is 74.5 cm³/mol. The number of carbonyl (C=O) groups excluding carboxylic acids is 2. The van der Waals surface area contributed by atoms with E-state index in [9.17, 15) is 9.59 Å². The molecule has 0 bridgehead atoms. The lowest BCUT2D eigenvalue weighted by Gasteiger charge is -1.99. The van der Waals surface area contributed by atoms with Crippen LogP contribution in [0, 0.1) is 0 Å². The maximum atomic E-state index is 11.8. The van der Waals surface area contributed by atoms with Crippen molar-refractivity contribution in [2.45, 2.75) is 25.7 Å². The molecule has 0 aliphatic heterocycles. The Kier molecular flexibility index (Phi) is 6.37. The third-order valence-electron chi connectivity index (χ3n) is 2.18. The van der Waals surface area contributed by atoms with Crippen LogP contribution in [0.5, 0.6) is 0 Å². The summed E-state index contributed by atoms with van der Waals surface area (Å²) in [5, 5.41) is 0. The van der Waals surface area contributed by atoms with E-state index in [0.717, 1.165) is 13.1 Å². The quantitative estimate of drug-likeness (QED) is 0.420. The van der Waals surface area contributed by atoms with Crippen LogP contribution in [0.15, 0.2) is 14.3 Å². The first-order chi connectivity index (χ1) is 8.04. The molecule has 0 atom stereocenters. The maximum Gasteiger partial charge on any atom is 0.305 e. The van der Waals surface area contributed by atoms with Crippen molar-refractivity contribution < 1.29 is 14.3 Å². The second kappa shape index (κ2) is 7.28. The Hall–Kier alpha value is -0.200. The van der Waals surface area contributed by atoms with Crippen molar-refractivity contribution in [3.05, 3.63) is 19.2 Å². The molecular weight excluding hydrogens is 372 g/mol. The number of ketones is 1. The van der Waals surface area contributed by atoms with Gasteiger partial charge in [-0.2, -0.15) is 0 Å². The summed E-state index contributed by atoms with van der Waals surface area (Å²) >= 11 is 8.12. The molecule has 17 heavy (non-hydrogen) atoms. The molecule has 0 aliphatic carbocycles. The number of halogens is 2. The number of ether oxygens (including phenoxy) is 1. The van der Waals surface area contributed by atoms with Gasteiger partial charge in [-0.25, -0.2) is 0 Å². The lowest BCUT2D eigenvalue weighted by Crippen LogP contribution is -2.01. The smallest absolute Gasteiger partial charge is 0.305 e. The number of carbonyl (C=O) groups is 2. The third kappa shape index (κ3) is 4.89. The Bertz CT molecular complexity index is 395. The van der Waals surface area contributed by atoms with E-state index in [4.69, 9.17) is 0 Å².